The van der Waals surface area contributed by atoms with Crippen LogP contribution in [0.4, 0.5) is 5.82 Å². The van der Waals surface area contributed by atoms with Crippen LogP contribution in [0.5, 0.6) is 11.5 Å². The van der Waals surface area contributed by atoms with Crippen LogP contribution in [0.15, 0.2) is 36.7 Å². The van der Waals surface area contributed by atoms with Crippen molar-refractivity contribution in [2.24, 2.45) is 5.73 Å². The Bertz CT molecular complexity index is 692. The summed E-state index contributed by atoms with van der Waals surface area (Å²) in [6, 6.07) is 7.54. The van der Waals surface area contributed by atoms with Crippen molar-refractivity contribution in [2.75, 3.05) is 25.1 Å². The maximum Gasteiger partial charge on any atom is 0.268 e. The number of carbonyl (C=O) groups excluding carboxylic acids is 1. The number of anilines is 1. The minimum Gasteiger partial charge on any atom is -0.486 e. The highest BCUT2D eigenvalue weighted by Gasteiger charge is 2.22. The molecule has 2 N–H and O–H groups in total. The molecule has 0 bridgehead atoms. The number of likely N-dealkylation sites (N-methyl/N-ethyl adjacent to an activating group) is 1. The van der Waals surface area contributed by atoms with Crippen LogP contribution >= 0.6 is 0 Å². The fourth-order valence-corrected chi connectivity index (χ4v) is 2.21. The van der Waals surface area contributed by atoms with Crippen LogP contribution in [-0.2, 0) is 0 Å². The van der Waals surface area contributed by atoms with E-state index in [9.17, 15) is 4.79 Å². The van der Waals surface area contributed by atoms with Crippen molar-refractivity contribution in [3.63, 3.8) is 0 Å². The lowest BCUT2D eigenvalue weighted by Gasteiger charge is -2.29. The van der Waals surface area contributed by atoms with Crippen molar-refractivity contribution in [1.82, 2.24) is 9.97 Å². The van der Waals surface area contributed by atoms with Gasteiger partial charge in [0.1, 0.15) is 18.1 Å². The highest BCUT2D eigenvalue weighted by Crippen LogP contribution is 2.31. The summed E-state index contributed by atoms with van der Waals surface area (Å²) in [5, 5.41) is 0. The predicted octanol–water partition coefficient (Wildman–Crippen LogP) is 0.852. The zero-order valence-corrected chi connectivity index (χ0v) is 12.1. The molecule has 1 aromatic heterocycles. The molecule has 1 unspecified atom stereocenters. The van der Waals surface area contributed by atoms with Gasteiger partial charge in [0.25, 0.3) is 5.91 Å². The van der Waals surface area contributed by atoms with E-state index in [0.717, 1.165) is 11.5 Å². The van der Waals surface area contributed by atoms with Crippen molar-refractivity contribution >= 4 is 11.7 Å². The van der Waals surface area contributed by atoms with Crippen LogP contribution in [0, 0.1) is 0 Å². The highest BCUT2D eigenvalue weighted by molar-refractivity contribution is 5.90. The molecule has 0 aliphatic carbocycles. The fraction of sp³-hybridized carbons (Fsp3) is 0.267. The monoisotopic (exact) mass is 300 g/mol. The Balaban J connectivity index is 1.69. The molecule has 1 amide bonds. The van der Waals surface area contributed by atoms with Crippen LogP contribution < -0.4 is 20.1 Å². The van der Waals surface area contributed by atoms with Gasteiger partial charge >= 0.3 is 0 Å². The van der Waals surface area contributed by atoms with E-state index in [1.807, 2.05) is 36.2 Å². The van der Waals surface area contributed by atoms with Crippen LogP contribution in [0.1, 0.15) is 10.5 Å². The van der Waals surface area contributed by atoms with Gasteiger partial charge in [0, 0.05) is 7.05 Å². The van der Waals surface area contributed by atoms with Gasteiger partial charge in [-0.1, -0.05) is 12.1 Å². The lowest BCUT2D eigenvalue weighted by Crippen LogP contribution is -2.39. The first-order valence-corrected chi connectivity index (χ1v) is 6.85. The van der Waals surface area contributed by atoms with Crippen molar-refractivity contribution in [1.29, 1.82) is 0 Å². The molecule has 114 valence electrons. The molecular weight excluding hydrogens is 284 g/mol. The van der Waals surface area contributed by atoms with Crippen molar-refractivity contribution in [3.8, 4) is 11.5 Å². The van der Waals surface area contributed by atoms with E-state index in [0.29, 0.717) is 19.0 Å². The number of hydrogen-bond donors (Lipinski definition) is 1. The van der Waals surface area contributed by atoms with Crippen LogP contribution in [0.3, 0.4) is 0 Å². The number of benzene rings is 1. The first-order chi connectivity index (χ1) is 10.6. The maximum atomic E-state index is 11.2. The number of nitrogens with two attached hydrogens (primary N) is 1. The van der Waals surface area contributed by atoms with Gasteiger partial charge in [0.15, 0.2) is 17.6 Å². The van der Waals surface area contributed by atoms with Crippen molar-refractivity contribution in [3.05, 3.63) is 42.4 Å². The van der Waals surface area contributed by atoms with Gasteiger partial charge in [-0.05, 0) is 12.1 Å². The molecule has 1 aromatic carbocycles. The van der Waals surface area contributed by atoms with Gasteiger partial charge in [-0.25, -0.2) is 4.98 Å². The zero-order chi connectivity index (χ0) is 15.5. The number of hydrogen-bond acceptors (Lipinski definition) is 6. The van der Waals surface area contributed by atoms with E-state index >= 15 is 0 Å². The number of carbonyl (C=O) groups is 1. The molecule has 3 rings (SSSR count). The lowest BCUT2D eigenvalue weighted by molar-refractivity contribution is 0.0959. The molecule has 7 nitrogen and oxygen atoms in total. The molecule has 22 heavy (non-hydrogen) atoms. The average Bonchev–Trinajstić information content (AvgIpc) is 2.55. The molecule has 0 saturated heterocycles. The van der Waals surface area contributed by atoms with Gasteiger partial charge in [-0.3, -0.25) is 9.78 Å². The topological polar surface area (TPSA) is 90.6 Å². The fourth-order valence-electron chi connectivity index (χ4n) is 2.21. The summed E-state index contributed by atoms with van der Waals surface area (Å²) < 4.78 is 11.6. The first kappa shape index (κ1) is 14.1. The lowest BCUT2D eigenvalue weighted by atomic mass is 10.2. The summed E-state index contributed by atoms with van der Waals surface area (Å²) in [6.07, 6.45) is 2.78. The van der Waals surface area contributed by atoms with E-state index in [1.54, 1.807) is 6.20 Å². The molecule has 1 aliphatic rings. The third-order valence-corrected chi connectivity index (χ3v) is 3.31. The normalized spacial score (nSPS) is 16.1. The van der Waals surface area contributed by atoms with Crippen molar-refractivity contribution in [2.45, 2.75) is 6.10 Å². The SMILES string of the molecule is CN(CC1COc2ccccc2O1)c1cncc(C(N)=O)n1. The summed E-state index contributed by atoms with van der Waals surface area (Å²) in [5.41, 5.74) is 5.35. The van der Waals surface area contributed by atoms with Crippen molar-refractivity contribution < 1.29 is 14.3 Å². The Hall–Kier alpha value is -2.83. The molecule has 0 radical (unpaired) electrons. The molecule has 1 atom stereocenters. The number of rotatable bonds is 4. The van der Waals surface area contributed by atoms with Gasteiger partial charge in [-0.2, -0.15) is 0 Å². The number of amides is 1. The second-order valence-corrected chi connectivity index (χ2v) is 5.00. The Morgan fingerprint density at radius 3 is 2.91 bits per heavy atom. The second-order valence-electron chi connectivity index (χ2n) is 5.00. The molecule has 2 aromatic rings. The molecule has 0 fully saturated rings. The third-order valence-electron chi connectivity index (χ3n) is 3.31. The van der Waals surface area contributed by atoms with Gasteiger partial charge < -0.3 is 20.1 Å². The Morgan fingerprint density at radius 2 is 2.14 bits per heavy atom. The van der Waals surface area contributed by atoms with E-state index in [4.69, 9.17) is 15.2 Å². The number of aromatic nitrogens is 2. The summed E-state index contributed by atoms with van der Waals surface area (Å²) >= 11 is 0. The average molecular weight is 300 g/mol. The molecule has 0 saturated carbocycles. The van der Waals surface area contributed by atoms with E-state index < -0.39 is 5.91 Å². The largest absolute Gasteiger partial charge is 0.486 e. The Labute approximate surface area is 127 Å². The number of ether oxygens (including phenoxy) is 2. The third kappa shape index (κ3) is 2.93. The molecule has 0 spiro atoms. The Morgan fingerprint density at radius 1 is 1.36 bits per heavy atom. The second kappa shape index (κ2) is 5.88. The van der Waals surface area contributed by atoms with E-state index in [1.165, 1.54) is 6.20 Å². The predicted molar refractivity (Wildman–Crippen MR) is 80.2 cm³/mol. The van der Waals surface area contributed by atoms with Gasteiger partial charge in [0.05, 0.1) is 18.9 Å². The number of para-hydroxylation sites is 2. The van der Waals surface area contributed by atoms with E-state index in [2.05, 4.69) is 9.97 Å². The summed E-state index contributed by atoms with van der Waals surface area (Å²) in [4.78, 5) is 21.2. The summed E-state index contributed by atoms with van der Waals surface area (Å²) in [7, 11) is 1.85. The quantitative estimate of drug-likeness (QED) is 0.900. The Kier molecular flexibility index (Phi) is 3.78. The van der Waals surface area contributed by atoms with Crippen LogP contribution in [0.25, 0.3) is 0 Å². The summed E-state index contributed by atoms with van der Waals surface area (Å²) in [5.74, 6) is 1.42. The molecule has 1 aliphatic heterocycles. The highest BCUT2D eigenvalue weighted by atomic mass is 16.6. The smallest absolute Gasteiger partial charge is 0.268 e. The standard InChI is InChI=1S/C15H16N4O3/c1-19(14-7-17-6-11(18-14)15(16)20)8-10-9-21-12-4-2-3-5-13(12)22-10/h2-7,10H,8-9H2,1H3,(H2,16,20). The van der Waals surface area contributed by atoms with Gasteiger partial charge in [0.2, 0.25) is 0 Å². The zero-order valence-electron chi connectivity index (χ0n) is 12.1. The van der Waals surface area contributed by atoms with Crippen LogP contribution in [-0.4, -0.2) is 42.2 Å². The maximum absolute atomic E-state index is 11.2. The molecule has 2 heterocycles. The minimum absolute atomic E-state index is 0.135. The number of primary amides is 1. The summed E-state index contributed by atoms with van der Waals surface area (Å²) in [6.45, 7) is 0.996. The number of nitrogens with zero attached hydrogens (tertiary/aromatic N) is 3. The molecule has 7 heteroatoms. The molecular formula is C15H16N4O3. The minimum atomic E-state index is -0.603. The van der Waals surface area contributed by atoms with E-state index in [-0.39, 0.29) is 11.8 Å². The van der Waals surface area contributed by atoms with Gasteiger partial charge in [-0.15, -0.1) is 0 Å². The first-order valence-electron chi connectivity index (χ1n) is 6.85. The number of fused-ring (bicyclic) bond motifs is 1. The van der Waals surface area contributed by atoms with Crippen LogP contribution in [0.2, 0.25) is 0 Å².